The molecule has 0 aliphatic carbocycles. The Labute approximate surface area is 120 Å². The van der Waals surface area contributed by atoms with Gasteiger partial charge in [-0.15, -0.1) is 0 Å². The summed E-state index contributed by atoms with van der Waals surface area (Å²) in [6.45, 7) is 1.83. The second-order valence-electron chi connectivity index (χ2n) is 4.20. The Morgan fingerprint density at radius 1 is 1.20 bits per heavy atom. The Hall–Kier alpha value is -1.79. The van der Waals surface area contributed by atoms with Crippen molar-refractivity contribution < 1.29 is 17.9 Å². The van der Waals surface area contributed by atoms with E-state index in [-0.39, 0.29) is 15.6 Å². The molecule has 0 atom stereocenters. The number of rotatable bonds is 3. The molecule has 4 nitrogen and oxygen atoms in total. The first kappa shape index (κ1) is 14.6. The van der Waals surface area contributed by atoms with Gasteiger partial charge in [0.2, 0.25) is 0 Å². The number of phenolic OH excluding ortho intramolecular Hbond substituents is 1. The molecule has 106 valence electrons. The van der Waals surface area contributed by atoms with Crippen molar-refractivity contribution in [2.75, 3.05) is 4.72 Å². The molecule has 2 rings (SSSR count). The molecule has 0 spiro atoms. The average molecular weight is 316 g/mol. The number of aryl methyl sites for hydroxylation is 1. The van der Waals surface area contributed by atoms with Crippen LogP contribution in [0.4, 0.5) is 10.1 Å². The third kappa shape index (κ3) is 3.02. The number of sulfonamides is 1. The quantitative estimate of drug-likeness (QED) is 0.854. The van der Waals surface area contributed by atoms with Crippen LogP contribution in [-0.4, -0.2) is 13.5 Å². The van der Waals surface area contributed by atoms with Gasteiger partial charge in [0.05, 0.1) is 15.6 Å². The first-order valence-corrected chi connectivity index (χ1v) is 7.43. The van der Waals surface area contributed by atoms with Crippen LogP contribution in [-0.2, 0) is 10.0 Å². The van der Waals surface area contributed by atoms with Crippen molar-refractivity contribution in [3.8, 4) is 5.75 Å². The molecule has 2 aromatic rings. The van der Waals surface area contributed by atoms with E-state index in [9.17, 15) is 17.9 Å². The zero-order valence-corrected chi connectivity index (χ0v) is 12.0. The summed E-state index contributed by atoms with van der Waals surface area (Å²) in [7, 11) is -3.87. The molecule has 0 saturated carbocycles. The fourth-order valence-electron chi connectivity index (χ4n) is 1.54. The molecule has 0 saturated heterocycles. The maximum Gasteiger partial charge on any atom is 0.262 e. The molecule has 0 radical (unpaired) electrons. The predicted molar refractivity (Wildman–Crippen MR) is 75.1 cm³/mol. The van der Waals surface area contributed by atoms with Gasteiger partial charge in [0.15, 0.2) is 0 Å². The van der Waals surface area contributed by atoms with Crippen molar-refractivity contribution in [2.45, 2.75) is 11.8 Å². The highest BCUT2D eigenvalue weighted by Gasteiger charge is 2.17. The summed E-state index contributed by atoms with van der Waals surface area (Å²) in [5.41, 5.74) is 0.730. The van der Waals surface area contributed by atoms with Gasteiger partial charge in [-0.25, -0.2) is 12.8 Å². The minimum Gasteiger partial charge on any atom is -0.506 e. The number of phenols is 1. The van der Waals surface area contributed by atoms with Crippen molar-refractivity contribution in [3.63, 3.8) is 0 Å². The fraction of sp³-hybridized carbons (Fsp3) is 0.0769. The van der Waals surface area contributed by atoms with Gasteiger partial charge in [-0.1, -0.05) is 29.3 Å². The molecule has 0 heterocycles. The number of hydrogen-bond donors (Lipinski definition) is 2. The highest BCUT2D eigenvalue weighted by molar-refractivity contribution is 7.92. The minimum atomic E-state index is -3.87. The van der Waals surface area contributed by atoms with E-state index < -0.39 is 21.6 Å². The highest BCUT2D eigenvalue weighted by Crippen LogP contribution is 2.31. The fourth-order valence-corrected chi connectivity index (χ4v) is 2.77. The first-order valence-electron chi connectivity index (χ1n) is 5.57. The highest BCUT2D eigenvalue weighted by atomic mass is 35.5. The Kier molecular flexibility index (Phi) is 3.87. The average Bonchev–Trinajstić information content (AvgIpc) is 2.36. The molecular weight excluding hydrogens is 305 g/mol. The van der Waals surface area contributed by atoms with Crippen molar-refractivity contribution in [2.24, 2.45) is 0 Å². The predicted octanol–water partition coefficient (Wildman–Crippen LogP) is 3.29. The zero-order valence-electron chi connectivity index (χ0n) is 10.4. The van der Waals surface area contributed by atoms with Gasteiger partial charge in [0, 0.05) is 6.07 Å². The summed E-state index contributed by atoms with van der Waals surface area (Å²) in [5.74, 6) is -1.37. The van der Waals surface area contributed by atoms with E-state index in [1.807, 2.05) is 6.92 Å². The number of anilines is 1. The third-order valence-corrected chi connectivity index (χ3v) is 4.29. The maximum absolute atomic E-state index is 13.1. The normalized spacial score (nSPS) is 11.3. The van der Waals surface area contributed by atoms with Gasteiger partial charge < -0.3 is 5.11 Å². The van der Waals surface area contributed by atoms with E-state index >= 15 is 0 Å². The molecule has 0 unspecified atom stereocenters. The van der Waals surface area contributed by atoms with Crippen molar-refractivity contribution in [3.05, 3.63) is 52.8 Å². The van der Waals surface area contributed by atoms with Crippen LogP contribution in [0.15, 0.2) is 41.3 Å². The standard InChI is InChI=1S/C13H11ClFNO3S/c1-8-2-4-9(5-3-8)20(18,19)16-12-6-10(14)11(15)7-13(12)17/h2-7,16-17H,1H3. The van der Waals surface area contributed by atoms with E-state index in [0.29, 0.717) is 0 Å². The molecule has 0 fully saturated rings. The molecular formula is C13H11ClFNO3S. The molecule has 0 amide bonds. The van der Waals surface area contributed by atoms with Crippen LogP contribution in [0.3, 0.4) is 0 Å². The van der Waals surface area contributed by atoms with Crippen molar-refractivity contribution in [1.29, 1.82) is 0 Å². The number of hydrogen-bond acceptors (Lipinski definition) is 3. The third-order valence-electron chi connectivity index (χ3n) is 2.61. The summed E-state index contributed by atoms with van der Waals surface area (Å²) < 4.78 is 39.5. The molecule has 0 aliphatic rings. The van der Waals surface area contributed by atoms with Crippen LogP contribution >= 0.6 is 11.6 Å². The van der Waals surface area contributed by atoms with Crippen molar-refractivity contribution >= 4 is 27.3 Å². The Balaban J connectivity index is 2.38. The largest absolute Gasteiger partial charge is 0.506 e. The SMILES string of the molecule is Cc1ccc(S(=O)(=O)Nc2cc(Cl)c(F)cc2O)cc1. The number of benzene rings is 2. The van der Waals surface area contributed by atoms with Gasteiger partial charge in [-0.3, -0.25) is 4.72 Å². The monoisotopic (exact) mass is 315 g/mol. The van der Waals surface area contributed by atoms with Crippen LogP contribution < -0.4 is 4.72 Å². The van der Waals surface area contributed by atoms with Gasteiger partial charge in [-0.05, 0) is 25.1 Å². The minimum absolute atomic E-state index is 0.0305. The zero-order chi connectivity index (χ0) is 14.9. The molecule has 7 heteroatoms. The van der Waals surface area contributed by atoms with Crippen LogP contribution in [0, 0.1) is 12.7 Å². The smallest absolute Gasteiger partial charge is 0.262 e. The number of nitrogens with one attached hydrogen (secondary N) is 1. The summed E-state index contributed by atoms with van der Waals surface area (Å²) in [4.78, 5) is 0.0305. The lowest BCUT2D eigenvalue weighted by atomic mass is 10.2. The Morgan fingerprint density at radius 2 is 1.80 bits per heavy atom. The Bertz CT molecular complexity index is 745. The van der Waals surface area contributed by atoms with Crippen molar-refractivity contribution in [1.82, 2.24) is 0 Å². The van der Waals surface area contributed by atoms with Gasteiger partial charge in [0.25, 0.3) is 10.0 Å². The van der Waals surface area contributed by atoms with E-state index in [2.05, 4.69) is 4.72 Å². The van der Waals surface area contributed by atoms with Gasteiger partial charge >= 0.3 is 0 Å². The van der Waals surface area contributed by atoms with Gasteiger partial charge in [0.1, 0.15) is 11.6 Å². The lowest BCUT2D eigenvalue weighted by Gasteiger charge is -2.10. The second kappa shape index (κ2) is 5.30. The molecule has 0 bridgehead atoms. The van der Waals surface area contributed by atoms with E-state index in [1.165, 1.54) is 12.1 Å². The lowest BCUT2D eigenvalue weighted by Crippen LogP contribution is -2.13. The van der Waals surface area contributed by atoms with Crippen LogP contribution in [0.2, 0.25) is 5.02 Å². The topological polar surface area (TPSA) is 66.4 Å². The second-order valence-corrected chi connectivity index (χ2v) is 6.29. The van der Waals surface area contributed by atoms with Crippen LogP contribution in [0.5, 0.6) is 5.75 Å². The first-order chi connectivity index (χ1) is 9.29. The maximum atomic E-state index is 13.1. The van der Waals surface area contributed by atoms with E-state index in [0.717, 1.165) is 17.7 Å². The molecule has 2 aromatic carbocycles. The summed E-state index contributed by atoms with van der Waals surface area (Å²) >= 11 is 5.56. The molecule has 2 N–H and O–H groups in total. The van der Waals surface area contributed by atoms with Crippen LogP contribution in [0.1, 0.15) is 5.56 Å². The number of aromatic hydroxyl groups is 1. The molecule has 0 aliphatic heterocycles. The summed E-state index contributed by atoms with van der Waals surface area (Å²) in [6.07, 6.45) is 0. The lowest BCUT2D eigenvalue weighted by molar-refractivity contribution is 0.471. The van der Waals surface area contributed by atoms with Gasteiger partial charge in [-0.2, -0.15) is 0 Å². The summed E-state index contributed by atoms with van der Waals surface area (Å²) in [6, 6.07) is 7.91. The number of halogens is 2. The van der Waals surface area contributed by atoms with E-state index in [4.69, 9.17) is 11.6 Å². The summed E-state index contributed by atoms with van der Waals surface area (Å²) in [5, 5.41) is 9.26. The van der Waals surface area contributed by atoms with E-state index in [1.54, 1.807) is 12.1 Å². The Morgan fingerprint density at radius 3 is 2.40 bits per heavy atom. The van der Waals surface area contributed by atoms with Crippen LogP contribution in [0.25, 0.3) is 0 Å². The molecule has 0 aromatic heterocycles. The molecule has 20 heavy (non-hydrogen) atoms.